The molecule has 2 rings (SSSR count). The molecule has 3 nitrogen and oxygen atoms in total. The molecule has 2 heterocycles. The summed E-state index contributed by atoms with van der Waals surface area (Å²) >= 11 is 0. The molecule has 0 radical (unpaired) electrons. The number of ether oxygens (including phenoxy) is 1. The number of allylic oxidation sites excluding steroid dienone is 1. The van der Waals surface area contributed by atoms with Crippen molar-refractivity contribution in [3.05, 3.63) is 11.8 Å². The van der Waals surface area contributed by atoms with Gasteiger partial charge in [-0.3, -0.25) is 4.90 Å². The molecule has 18 heavy (non-hydrogen) atoms. The summed E-state index contributed by atoms with van der Waals surface area (Å²) < 4.78 is 5.91. The van der Waals surface area contributed by atoms with Crippen LogP contribution in [0.4, 0.5) is 0 Å². The number of hydrogen-bond donors (Lipinski definition) is 1. The topological polar surface area (TPSA) is 24.5 Å². The van der Waals surface area contributed by atoms with Gasteiger partial charge < -0.3 is 10.1 Å². The van der Waals surface area contributed by atoms with Crippen LogP contribution in [-0.4, -0.2) is 43.2 Å². The Morgan fingerprint density at radius 3 is 2.61 bits per heavy atom. The normalized spacial score (nSPS) is 26.3. The van der Waals surface area contributed by atoms with Crippen LogP contribution in [-0.2, 0) is 4.74 Å². The molecule has 0 amide bonds. The van der Waals surface area contributed by atoms with Gasteiger partial charge in [0.05, 0.1) is 12.6 Å². The minimum absolute atomic E-state index is 0.175. The lowest BCUT2D eigenvalue weighted by atomic mass is 9.85. The van der Waals surface area contributed by atoms with Gasteiger partial charge in [0, 0.05) is 5.54 Å². The molecule has 104 valence electrons. The average Bonchev–Trinajstić information content (AvgIpc) is 2.95. The van der Waals surface area contributed by atoms with Crippen LogP contribution in [0.1, 0.15) is 46.0 Å². The fourth-order valence-corrected chi connectivity index (χ4v) is 3.38. The van der Waals surface area contributed by atoms with E-state index in [0.717, 1.165) is 25.9 Å². The Labute approximate surface area is 112 Å². The van der Waals surface area contributed by atoms with Crippen molar-refractivity contribution in [1.82, 2.24) is 10.2 Å². The van der Waals surface area contributed by atoms with Gasteiger partial charge >= 0.3 is 0 Å². The third kappa shape index (κ3) is 2.57. The lowest BCUT2D eigenvalue weighted by Gasteiger charge is -2.45. The monoisotopic (exact) mass is 252 g/mol. The first-order valence-corrected chi connectivity index (χ1v) is 7.47. The van der Waals surface area contributed by atoms with Crippen molar-refractivity contribution in [2.75, 3.05) is 26.7 Å². The Bertz CT molecular complexity index is 297. The van der Waals surface area contributed by atoms with Crippen molar-refractivity contribution in [2.45, 2.75) is 57.5 Å². The molecule has 2 aliphatic rings. The number of rotatable bonds is 5. The molecule has 0 aromatic carbocycles. The third-order valence-corrected chi connectivity index (χ3v) is 4.70. The fourth-order valence-electron chi connectivity index (χ4n) is 3.38. The van der Waals surface area contributed by atoms with Crippen molar-refractivity contribution in [2.24, 2.45) is 0 Å². The summed E-state index contributed by atoms with van der Waals surface area (Å²) in [5, 5.41) is 3.51. The maximum Gasteiger partial charge on any atom is 0.111 e. The highest BCUT2D eigenvalue weighted by Gasteiger charge is 2.41. The quantitative estimate of drug-likeness (QED) is 0.814. The second-order valence-electron chi connectivity index (χ2n) is 5.72. The summed E-state index contributed by atoms with van der Waals surface area (Å²) in [6.45, 7) is 8.03. The second-order valence-corrected chi connectivity index (χ2v) is 5.72. The van der Waals surface area contributed by atoms with Crippen molar-refractivity contribution >= 4 is 0 Å². The molecule has 3 heteroatoms. The van der Waals surface area contributed by atoms with E-state index in [1.165, 1.54) is 31.7 Å². The van der Waals surface area contributed by atoms with E-state index in [4.69, 9.17) is 4.74 Å². The largest absolute Gasteiger partial charge is 0.497 e. The van der Waals surface area contributed by atoms with E-state index in [1.54, 1.807) is 0 Å². The van der Waals surface area contributed by atoms with Gasteiger partial charge in [0.1, 0.15) is 5.76 Å². The molecule has 0 aromatic heterocycles. The first-order chi connectivity index (χ1) is 8.72. The van der Waals surface area contributed by atoms with Crippen LogP contribution in [0.3, 0.4) is 0 Å². The molecule has 1 saturated heterocycles. The Kier molecular flexibility index (Phi) is 4.68. The molecular weight excluding hydrogens is 224 g/mol. The highest BCUT2D eigenvalue weighted by atomic mass is 16.5. The molecule has 0 saturated carbocycles. The Morgan fingerprint density at radius 2 is 2.11 bits per heavy atom. The van der Waals surface area contributed by atoms with E-state index in [0.29, 0.717) is 6.04 Å². The molecule has 1 fully saturated rings. The Balaban J connectivity index is 2.18. The van der Waals surface area contributed by atoms with Crippen LogP contribution in [0.5, 0.6) is 0 Å². The van der Waals surface area contributed by atoms with Crippen molar-refractivity contribution in [3.8, 4) is 0 Å². The van der Waals surface area contributed by atoms with Gasteiger partial charge in [0.15, 0.2) is 0 Å². The summed E-state index contributed by atoms with van der Waals surface area (Å²) in [6.07, 6.45) is 8.44. The number of nitrogens with one attached hydrogen (secondary N) is 1. The van der Waals surface area contributed by atoms with Gasteiger partial charge in [0.25, 0.3) is 0 Å². The highest BCUT2D eigenvalue weighted by molar-refractivity contribution is 5.15. The van der Waals surface area contributed by atoms with E-state index >= 15 is 0 Å². The van der Waals surface area contributed by atoms with E-state index < -0.39 is 0 Å². The summed E-state index contributed by atoms with van der Waals surface area (Å²) in [5.74, 6) is 1.17. The van der Waals surface area contributed by atoms with Crippen LogP contribution in [0, 0.1) is 0 Å². The third-order valence-electron chi connectivity index (χ3n) is 4.70. The van der Waals surface area contributed by atoms with Crippen molar-refractivity contribution in [1.29, 1.82) is 0 Å². The van der Waals surface area contributed by atoms with E-state index in [9.17, 15) is 0 Å². The number of likely N-dealkylation sites (N-methyl/N-ethyl adjacent to an activating group) is 1. The molecule has 1 N–H and O–H groups in total. The van der Waals surface area contributed by atoms with E-state index in [1.807, 2.05) is 0 Å². The van der Waals surface area contributed by atoms with Crippen LogP contribution in [0.2, 0.25) is 0 Å². The number of likely N-dealkylation sites (tertiary alicyclic amines) is 1. The first-order valence-electron chi connectivity index (χ1n) is 7.47. The maximum absolute atomic E-state index is 5.91. The van der Waals surface area contributed by atoms with Gasteiger partial charge in [-0.2, -0.15) is 0 Å². The highest BCUT2D eigenvalue weighted by Crippen LogP contribution is 2.32. The number of nitrogens with zero attached hydrogens (tertiary/aromatic N) is 1. The Hall–Kier alpha value is -0.540. The fraction of sp³-hybridized carbons (Fsp3) is 0.867. The molecule has 2 aliphatic heterocycles. The lowest BCUT2D eigenvalue weighted by molar-refractivity contribution is 0.0616. The van der Waals surface area contributed by atoms with Crippen molar-refractivity contribution < 1.29 is 4.74 Å². The van der Waals surface area contributed by atoms with Crippen LogP contribution in [0.25, 0.3) is 0 Å². The molecule has 0 aromatic rings. The number of hydrogen-bond acceptors (Lipinski definition) is 3. The molecule has 2 atom stereocenters. The summed E-state index contributed by atoms with van der Waals surface area (Å²) in [6, 6.07) is 0.320. The van der Waals surface area contributed by atoms with E-state index in [2.05, 4.69) is 37.2 Å². The van der Waals surface area contributed by atoms with Crippen LogP contribution in [0.15, 0.2) is 11.8 Å². The second kappa shape index (κ2) is 6.07. The smallest absolute Gasteiger partial charge is 0.111 e. The predicted octanol–water partition coefficient (Wildman–Crippen LogP) is 2.53. The molecular formula is C15H28N2O. The standard InChI is InChI=1S/C15H28N2O/c1-4-15(2,17-10-6-7-11-17)14(16-3)13-9-5-8-12-18-13/h9,14,16H,4-8,10-12H2,1-3H3. The maximum atomic E-state index is 5.91. The summed E-state index contributed by atoms with van der Waals surface area (Å²) in [4.78, 5) is 2.65. The molecule has 0 spiro atoms. The summed E-state index contributed by atoms with van der Waals surface area (Å²) in [7, 11) is 2.06. The van der Waals surface area contributed by atoms with Crippen molar-refractivity contribution in [3.63, 3.8) is 0 Å². The zero-order valence-corrected chi connectivity index (χ0v) is 12.2. The SMILES string of the molecule is CCC(C)(C(NC)C1=CCCCO1)N1CCCC1. The minimum atomic E-state index is 0.175. The predicted molar refractivity (Wildman–Crippen MR) is 75.6 cm³/mol. The van der Waals surface area contributed by atoms with Gasteiger partial charge in [-0.05, 0) is 65.2 Å². The van der Waals surface area contributed by atoms with Crippen LogP contribution >= 0.6 is 0 Å². The van der Waals surface area contributed by atoms with Crippen LogP contribution < -0.4 is 5.32 Å². The molecule has 2 unspecified atom stereocenters. The zero-order chi connectivity index (χ0) is 13.0. The molecule has 0 aliphatic carbocycles. The average molecular weight is 252 g/mol. The molecule has 0 bridgehead atoms. The minimum Gasteiger partial charge on any atom is -0.497 e. The summed E-state index contributed by atoms with van der Waals surface area (Å²) in [5.41, 5.74) is 0.175. The van der Waals surface area contributed by atoms with Gasteiger partial charge in [-0.1, -0.05) is 6.92 Å². The van der Waals surface area contributed by atoms with Gasteiger partial charge in [0.2, 0.25) is 0 Å². The lowest BCUT2D eigenvalue weighted by Crippen LogP contribution is -2.59. The van der Waals surface area contributed by atoms with E-state index in [-0.39, 0.29) is 5.54 Å². The van der Waals surface area contributed by atoms with Gasteiger partial charge in [-0.25, -0.2) is 0 Å². The zero-order valence-electron chi connectivity index (χ0n) is 12.2. The van der Waals surface area contributed by atoms with Gasteiger partial charge in [-0.15, -0.1) is 0 Å². The Morgan fingerprint density at radius 1 is 1.39 bits per heavy atom. The first kappa shape index (κ1) is 13.9.